The second-order valence-corrected chi connectivity index (χ2v) is 4.88. The molecule has 1 aromatic rings. The number of hydrogen-bond acceptors (Lipinski definition) is 3. The van der Waals surface area contributed by atoms with Crippen LogP contribution in [0.15, 0.2) is 18.2 Å². The topological polar surface area (TPSA) is 51.2 Å². The highest BCUT2D eigenvalue weighted by Crippen LogP contribution is 2.07. The van der Waals surface area contributed by atoms with Crippen LogP contribution in [0.4, 0.5) is 4.79 Å². The van der Waals surface area contributed by atoms with Crippen LogP contribution in [0, 0.1) is 0 Å². The predicted octanol–water partition coefficient (Wildman–Crippen LogP) is 2.85. The van der Waals surface area contributed by atoms with Crippen molar-refractivity contribution < 1.29 is 9.53 Å². The number of hydrogen-bond donors (Lipinski definition) is 1. The van der Waals surface area contributed by atoms with Gasteiger partial charge in [-0.25, -0.2) is 4.79 Å². The third kappa shape index (κ3) is 5.54. The molecular weight excluding hydrogens is 240 g/mol. The molecule has 0 radical (unpaired) electrons. The second-order valence-electron chi connectivity index (χ2n) is 4.61. The number of aromatic nitrogens is 1. The van der Waals surface area contributed by atoms with Gasteiger partial charge < -0.3 is 10.1 Å². The van der Waals surface area contributed by atoms with E-state index in [-0.39, 0.29) is 0 Å². The minimum atomic E-state index is -0.491. The van der Waals surface area contributed by atoms with Crippen LogP contribution in [-0.4, -0.2) is 16.7 Å². The van der Waals surface area contributed by atoms with Gasteiger partial charge in [0.2, 0.25) is 0 Å². The van der Waals surface area contributed by atoms with Crippen molar-refractivity contribution in [1.29, 1.82) is 0 Å². The zero-order valence-corrected chi connectivity index (χ0v) is 11.0. The van der Waals surface area contributed by atoms with E-state index in [0.717, 1.165) is 11.4 Å². The molecule has 0 fully saturated rings. The number of ether oxygens (including phenoxy) is 1. The van der Waals surface area contributed by atoms with E-state index in [0.29, 0.717) is 12.4 Å². The SMILES string of the molecule is CC(C)(C)OC(=O)NCc1cccc(CCl)n1. The second kappa shape index (κ2) is 5.87. The van der Waals surface area contributed by atoms with Gasteiger partial charge in [-0.15, -0.1) is 11.6 Å². The number of nitrogens with one attached hydrogen (secondary N) is 1. The zero-order chi connectivity index (χ0) is 12.9. The number of halogens is 1. The average Bonchev–Trinajstić information content (AvgIpc) is 2.24. The molecule has 0 saturated heterocycles. The van der Waals surface area contributed by atoms with Crippen molar-refractivity contribution in [3.63, 3.8) is 0 Å². The molecule has 4 nitrogen and oxygen atoms in total. The Morgan fingerprint density at radius 3 is 2.65 bits per heavy atom. The first kappa shape index (κ1) is 13.8. The van der Waals surface area contributed by atoms with Crippen LogP contribution in [-0.2, 0) is 17.2 Å². The van der Waals surface area contributed by atoms with E-state index in [1.54, 1.807) is 0 Å². The van der Waals surface area contributed by atoms with Gasteiger partial charge in [-0.3, -0.25) is 4.98 Å². The molecule has 1 aromatic heterocycles. The maximum absolute atomic E-state index is 11.4. The quantitative estimate of drug-likeness (QED) is 0.846. The van der Waals surface area contributed by atoms with E-state index in [2.05, 4.69) is 10.3 Å². The van der Waals surface area contributed by atoms with E-state index in [1.807, 2.05) is 39.0 Å². The molecule has 1 heterocycles. The summed E-state index contributed by atoms with van der Waals surface area (Å²) in [5, 5.41) is 2.64. The van der Waals surface area contributed by atoms with Crippen LogP contribution in [0.5, 0.6) is 0 Å². The Balaban J connectivity index is 2.47. The zero-order valence-electron chi connectivity index (χ0n) is 10.3. The third-order valence-electron chi connectivity index (χ3n) is 1.81. The van der Waals surface area contributed by atoms with Crippen LogP contribution in [0.3, 0.4) is 0 Å². The Morgan fingerprint density at radius 2 is 2.06 bits per heavy atom. The minimum Gasteiger partial charge on any atom is -0.444 e. The van der Waals surface area contributed by atoms with Crippen molar-refractivity contribution in [2.75, 3.05) is 0 Å². The van der Waals surface area contributed by atoms with Gasteiger partial charge >= 0.3 is 6.09 Å². The largest absolute Gasteiger partial charge is 0.444 e. The van der Waals surface area contributed by atoms with Gasteiger partial charge in [0, 0.05) is 0 Å². The van der Waals surface area contributed by atoms with E-state index in [9.17, 15) is 4.79 Å². The molecule has 5 heteroatoms. The highest BCUT2D eigenvalue weighted by molar-refractivity contribution is 6.16. The van der Waals surface area contributed by atoms with E-state index in [4.69, 9.17) is 16.3 Å². The molecule has 17 heavy (non-hydrogen) atoms. The summed E-state index contributed by atoms with van der Waals surface area (Å²) in [5.41, 5.74) is 1.05. The Morgan fingerprint density at radius 1 is 1.41 bits per heavy atom. The lowest BCUT2D eigenvalue weighted by Crippen LogP contribution is -2.32. The predicted molar refractivity (Wildman–Crippen MR) is 66.9 cm³/mol. The number of carbonyl (C=O) groups excluding carboxylic acids is 1. The fourth-order valence-electron chi connectivity index (χ4n) is 1.18. The minimum absolute atomic E-state index is 0.333. The van der Waals surface area contributed by atoms with Gasteiger partial charge in [-0.2, -0.15) is 0 Å². The lowest BCUT2D eigenvalue weighted by molar-refractivity contribution is 0.0523. The van der Waals surface area contributed by atoms with Crippen LogP contribution in [0.25, 0.3) is 0 Å². The highest BCUT2D eigenvalue weighted by Gasteiger charge is 2.15. The molecule has 0 spiro atoms. The molecule has 94 valence electrons. The number of rotatable bonds is 3. The normalized spacial score (nSPS) is 11.1. The third-order valence-corrected chi connectivity index (χ3v) is 2.09. The van der Waals surface area contributed by atoms with Crippen molar-refractivity contribution in [2.24, 2.45) is 0 Å². The summed E-state index contributed by atoms with van der Waals surface area (Å²) in [6, 6.07) is 5.52. The number of alkyl halides is 1. The van der Waals surface area contributed by atoms with Gasteiger partial charge in [0.05, 0.1) is 23.8 Å². The van der Waals surface area contributed by atoms with Crippen LogP contribution in [0.1, 0.15) is 32.2 Å². The van der Waals surface area contributed by atoms with E-state index >= 15 is 0 Å². The first-order valence-corrected chi connectivity index (χ1v) is 5.92. The molecule has 0 unspecified atom stereocenters. The summed E-state index contributed by atoms with van der Waals surface area (Å²) in [6.45, 7) is 5.79. The summed E-state index contributed by atoms with van der Waals surface area (Å²) in [7, 11) is 0. The van der Waals surface area contributed by atoms with Crippen LogP contribution < -0.4 is 5.32 Å². The molecule has 0 aromatic carbocycles. The van der Waals surface area contributed by atoms with Gasteiger partial charge in [-0.1, -0.05) is 6.07 Å². The van der Waals surface area contributed by atoms with Crippen LogP contribution in [0.2, 0.25) is 0 Å². The number of alkyl carbamates (subject to hydrolysis) is 1. The standard InChI is InChI=1S/C12H17ClN2O2/c1-12(2,3)17-11(16)14-8-10-6-4-5-9(7-13)15-10/h4-6H,7-8H2,1-3H3,(H,14,16). The summed E-state index contributed by atoms with van der Waals surface area (Å²) < 4.78 is 5.11. The van der Waals surface area contributed by atoms with Crippen LogP contribution >= 0.6 is 11.6 Å². The molecule has 0 aliphatic carbocycles. The highest BCUT2D eigenvalue weighted by atomic mass is 35.5. The molecule has 0 atom stereocenters. The molecule has 1 N–H and O–H groups in total. The first-order valence-electron chi connectivity index (χ1n) is 5.38. The van der Waals surface area contributed by atoms with Crippen molar-refractivity contribution in [2.45, 2.75) is 38.8 Å². The van der Waals surface area contributed by atoms with Gasteiger partial charge in [0.25, 0.3) is 0 Å². The Hall–Kier alpha value is -1.29. The molecule has 1 amide bonds. The molecule has 0 aliphatic rings. The summed E-state index contributed by atoms with van der Waals surface area (Å²) in [6.07, 6.45) is -0.449. The van der Waals surface area contributed by atoms with Gasteiger partial charge in [-0.05, 0) is 32.9 Å². The lowest BCUT2D eigenvalue weighted by atomic mass is 10.2. The van der Waals surface area contributed by atoms with Crippen molar-refractivity contribution >= 4 is 17.7 Å². The smallest absolute Gasteiger partial charge is 0.407 e. The molecule has 0 saturated carbocycles. The Labute approximate surface area is 106 Å². The Bertz CT molecular complexity index is 388. The molecule has 0 bridgehead atoms. The van der Waals surface area contributed by atoms with Gasteiger partial charge in [0.15, 0.2) is 0 Å². The molecular formula is C12H17ClN2O2. The fraction of sp³-hybridized carbons (Fsp3) is 0.500. The maximum atomic E-state index is 11.4. The van der Waals surface area contributed by atoms with Crippen molar-refractivity contribution in [3.8, 4) is 0 Å². The Kier molecular flexibility index (Phi) is 4.75. The fourth-order valence-corrected chi connectivity index (χ4v) is 1.33. The van der Waals surface area contributed by atoms with Gasteiger partial charge in [0.1, 0.15) is 5.60 Å². The average molecular weight is 257 g/mol. The summed E-state index contributed by atoms with van der Waals surface area (Å²) >= 11 is 5.67. The number of carbonyl (C=O) groups is 1. The number of amides is 1. The molecule has 0 aliphatic heterocycles. The number of pyridine rings is 1. The van der Waals surface area contributed by atoms with E-state index in [1.165, 1.54) is 0 Å². The summed E-state index contributed by atoms with van der Waals surface area (Å²) in [5.74, 6) is 0.361. The van der Waals surface area contributed by atoms with E-state index < -0.39 is 11.7 Å². The van der Waals surface area contributed by atoms with Crippen molar-refractivity contribution in [3.05, 3.63) is 29.6 Å². The number of nitrogens with zero attached hydrogens (tertiary/aromatic N) is 1. The van der Waals surface area contributed by atoms with Crippen molar-refractivity contribution in [1.82, 2.24) is 10.3 Å². The lowest BCUT2D eigenvalue weighted by Gasteiger charge is -2.19. The molecule has 1 rings (SSSR count). The summed E-state index contributed by atoms with van der Waals surface area (Å²) in [4.78, 5) is 15.7. The maximum Gasteiger partial charge on any atom is 0.407 e. The monoisotopic (exact) mass is 256 g/mol. The first-order chi connectivity index (χ1) is 7.90.